The minimum Gasteiger partial charge on any atom is -0.475 e. The van der Waals surface area contributed by atoms with Crippen LogP contribution in [0.15, 0.2) is 54.9 Å². The third kappa shape index (κ3) is 6.59. The zero-order chi connectivity index (χ0) is 26.7. The zero-order valence-electron chi connectivity index (χ0n) is 18.4. The standard InChI is InChI=1S/C20H15F3N4OS.C2HF3O2/c1-27(2)19-26-18-15(4-3-5-16(18)29-19)28-17-10-14(24-11-25-17)12-6-8-13(9-7-12)20(21,22)23;3-2(4,5)1(6)7/h3-11H,1-2H3;(H,6,7). The summed E-state index contributed by atoms with van der Waals surface area (Å²) in [5.74, 6) is -1.93. The van der Waals surface area contributed by atoms with Gasteiger partial charge >= 0.3 is 18.3 Å². The lowest BCUT2D eigenvalue weighted by molar-refractivity contribution is -0.192. The maximum absolute atomic E-state index is 12.8. The van der Waals surface area contributed by atoms with Crippen molar-refractivity contribution in [1.82, 2.24) is 15.0 Å². The molecular weight excluding hydrogens is 514 g/mol. The predicted molar refractivity (Wildman–Crippen MR) is 120 cm³/mol. The maximum Gasteiger partial charge on any atom is 0.490 e. The van der Waals surface area contributed by atoms with E-state index in [1.165, 1.54) is 18.5 Å². The molecule has 0 atom stereocenters. The number of halogens is 6. The number of alkyl halides is 6. The Bertz CT molecular complexity index is 1350. The molecule has 2 aromatic heterocycles. The number of carboxylic acids is 1. The smallest absolute Gasteiger partial charge is 0.475 e. The molecule has 0 aliphatic rings. The van der Waals surface area contributed by atoms with Gasteiger partial charge in [-0.2, -0.15) is 26.3 Å². The molecule has 0 radical (unpaired) electrons. The number of aromatic nitrogens is 3. The lowest BCUT2D eigenvalue weighted by atomic mass is 10.1. The number of hydrogen-bond donors (Lipinski definition) is 1. The quantitative estimate of drug-likeness (QED) is 0.312. The first-order valence-corrected chi connectivity index (χ1v) is 10.6. The molecule has 7 nitrogen and oxygen atoms in total. The molecule has 2 heterocycles. The molecule has 4 aromatic rings. The number of fused-ring (bicyclic) bond motifs is 1. The van der Waals surface area contributed by atoms with E-state index < -0.39 is 23.9 Å². The lowest BCUT2D eigenvalue weighted by Gasteiger charge is -2.09. The molecule has 2 aromatic carbocycles. The van der Waals surface area contributed by atoms with Crippen LogP contribution in [0.5, 0.6) is 11.6 Å². The van der Waals surface area contributed by atoms with Gasteiger partial charge in [-0.1, -0.05) is 29.5 Å². The fourth-order valence-corrected chi connectivity index (χ4v) is 3.59. The van der Waals surface area contributed by atoms with E-state index in [2.05, 4.69) is 15.0 Å². The van der Waals surface area contributed by atoms with Gasteiger partial charge in [0.25, 0.3) is 0 Å². The molecule has 0 saturated heterocycles. The number of thiazole rings is 1. The molecule has 0 amide bonds. The average Bonchev–Trinajstić information content (AvgIpc) is 3.25. The summed E-state index contributed by atoms with van der Waals surface area (Å²) < 4.78 is 76.9. The third-order valence-electron chi connectivity index (χ3n) is 4.36. The normalized spacial score (nSPS) is 11.6. The van der Waals surface area contributed by atoms with Gasteiger partial charge < -0.3 is 14.7 Å². The number of rotatable bonds is 4. The molecule has 0 bridgehead atoms. The molecular formula is C22H16F6N4O3S. The summed E-state index contributed by atoms with van der Waals surface area (Å²) in [7, 11) is 3.83. The number of carbonyl (C=O) groups is 1. The summed E-state index contributed by atoms with van der Waals surface area (Å²) in [6.45, 7) is 0. The van der Waals surface area contributed by atoms with E-state index in [0.29, 0.717) is 17.0 Å². The molecule has 0 unspecified atom stereocenters. The highest BCUT2D eigenvalue weighted by atomic mass is 32.1. The molecule has 4 rings (SSSR count). The summed E-state index contributed by atoms with van der Waals surface area (Å²) >= 11 is 1.54. The Morgan fingerprint density at radius 2 is 1.64 bits per heavy atom. The van der Waals surface area contributed by atoms with Crippen molar-refractivity contribution in [2.75, 3.05) is 19.0 Å². The van der Waals surface area contributed by atoms with Crippen molar-refractivity contribution in [2.24, 2.45) is 0 Å². The molecule has 190 valence electrons. The van der Waals surface area contributed by atoms with E-state index in [0.717, 1.165) is 27.5 Å². The molecule has 0 saturated carbocycles. The topological polar surface area (TPSA) is 88.4 Å². The number of nitrogens with zero attached hydrogens (tertiary/aromatic N) is 4. The number of aliphatic carboxylic acids is 1. The van der Waals surface area contributed by atoms with Crippen molar-refractivity contribution < 1.29 is 41.0 Å². The van der Waals surface area contributed by atoms with Crippen LogP contribution in [0.4, 0.5) is 31.5 Å². The van der Waals surface area contributed by atoms with Crippen molar-refractivity contribution in [3.63, 3.8) is 0 Å². The van der Waals surface area contributed by atoms with Crippen LogP contribution in [0.1, 0.15) is 5.56 Å². The molecule has 0 fully saturated rings. The molecule has 36 heavy (non-hydrogen) atoms. The van der Waals surface area contributed by atoms with Crippen molar-refractivity contribution in [3.05, 3.63) is 60.4 Å². The Morgan fingerprint density at radius 3 is 2.19 bits per heavy atom. The number of carboxylic acid groups (broad SMARTS) is 1. The van der Waals surface area contributed by atoms with Crippen LogP contribution in [0.25, 0.3) is 21.5 Å². The van der Waals surface area contributed by atoms with Crippen molar-refractivity contribution in [3.8, 4) is 22.9 Å². The number of hydrogen-bond acceptors (Lipinski definition) is 7. The second-order valence-corrected chi connectivity index (χ2v) is 8.22. The first-order chi connectivity index (χ1) is 16.8. The van der Waals surface area contributed by atoms with Crippen LogP contribution in [0.3, 0.4) is 0 Å². The predicted octanol–water partition coefficient (Wildman–Crippen LogP) is 6.26. The van der Waals surface area contributed by atoms with Gasteiger partial charge in [-0.25, -0.2) is 19.7 Å². The van der Waals surface area contributed by atoms with E-state index >= 15 is 0 Å². The fourth-order valence-electron chi connectivity index (χ4n) is 2.68. The highest BCUT2D eigenvalue weighted by Gasteiger charge is 2.38. The summed E-state index contributed by atoms with van der Waals surface area (Å²) in [4.78, 5) is 23.7. The van der Waals surface area contributed by atoms with Crippen LogP contribution >= 0.6 is 11.3 Å². The van der Waals surface area contributed by atoms with Crippen LogP contribution in [-0.4, -0.2) is 46.3 Å². The Balaban J connectivity index is 0.000000454. The summed E-state index contributed by atoms with van der Waals surface area (Å²) in [5.41, 5.74) is 1.00. The zero-order valence-corrected chi connectivity index (χ0v) is 19.2. The SMILES string of the molecule is CN(C)c1nc2c(Oc3cc(-c4ccc(C(F)(F)F)cc4)ncn3)cccc2s1.O=C(O)C(F)(F)F. The Labute approximate surface area is 203 Å². The van der Waals surface area contributed by atoms with Gasteiger partial charge in [0.2, 0.25) is 5.88 Å². The molecule has 0 spiro atoms. The Kier molecular flexibility index (Phi) is 7.67. The minimum atomic E-state index is -5.08. The van der Waals surface area contributed by atoms with Gasteiger partial charge in [0.05, 0.1) is 16.0 Å². The average molecular weight is 530 g/mol. The second kappa shape index (κ2) is 10.4. The number of para-hydroxylation sites is 1. The summed E-state index contributed by atoms with van der Waals surface area (Å²) in [6, 6.07) is 12.0. The van der Waals surface area contributed by atoms with Crippen LogP contribution in [0.2, 0.25) is 0 Å². The first kappa shape index (κ1) is 26.7. The third-order valence-corrected chi connectivity index (χ3v) is 5.55. The Morgan fingerprint density at radius 1 is 1.00 bits per heavy atom. The van der Waals surface area contributed by atoms with Gasteiger partial charge in [0.1, 0.15) is 11.8 Å². The van der Waals surface area contributed by atoms with Crippen LogP contribution < -0.4 is 9.64 Å². The van der Waals surface area contributed by atoms with E-state index in [1.807, 2.05) is 31.1 Å². The highest BCUT2D eigenvalue weighted by Crippen LogP contribution is 2.36. The lowest BCUT2D eigenvalue weighted by Crippen LogP contribution is -2.21. The largest absolute Gasteiger partial charge is 0.490 e. The van der Waals surface area contributed by atoms with E-state index in [1.54, 1.807) is 23.5 Å². The van der Waals surface area contributed by atoms with Crippen LogP contribution in [0, 0.1) is 0 Å². The monoisotopic (exact) mass is 530 g/mol. The molecule has 1 N–H and O–H groups in total. The summed E-state index contributed by atoms with van der Waals surface area (Å²) in [5, 5.41) is 7.98. The van der Waals surface area contributed by atoms with Gasteiger partial charge in [-0.05, 0) is 24.3 Å². The summed E-state index contributed by atoms with van der Waals surface area (Å²) in [6.07, 6.45) is -8.15. The van der Waals surface area contributed by atoms with Crippen molar-refractivity contribution >= 4 is 32.7 Å². The molecule has 0 aliphatic heterocycles. The van der Waals surface area contributed by atoms with Crippen molar-refractivity contribution in [2.45, 2.75) is 12.4 Å². The van der Waals surface area contributed by atoms with Gasteiger partial charge in [0.15, 0.2) is 10.9 Å². The number of anilines is 1. The van der Waals surface area contributed by atoms with Gasteiger partial charge in [0, 0.05) is 25.7 Å². The number of benzene rings is 2. The maximum atomic E-state index is 12.8. The van der Waals surface area contributed by atoms with Crippen LogP contribution in [-0.2, 0) is 11.0 Å². The van der Waals surface area contributed by atoms with Gasteiger partial charge in [-0.15, -0.1) is 0 Å². The number of ether oxygens (including phenoxy) is 1. The minimum absolute atomic E-state index is 0.279. The van der Waals surface area contributed by atoms with Crippen molar-refractivity contribution in [1.29, 1.82) is 0 Å². The molecule has 0 aliphatic carbocycles. The highest BCUT2D eigenvalue weighted by molar-refractivity contribution is 7.22. The van der Waals surface area contributed by atoms with Gasteiger partial charge in [-0.3, -0.25) is 0 Å². The van der Waals surface area contributed by atoms with E-state index in [9.17, 15) is 26.3 Å². The molecule has 14 heteroatoms. The van der Waals surface area contributed by atoms with E-state index in [-0.39, 0.29) is 5.88 Å². The second-order valence-electron chi connectivity index (χ2n) is 7.22. The first-order valence-electron chi connectivity index (χ1n) is 9.80. The fraction of sp³-hybridized carbons (Fsp3) is 0.182. The Hall–Kier alpha value is -3.94. The van der Waals surface area contributed by atoms with E-state index in [4.69, 9.17) is 14.6 Å².